The number of rotatable bonds is 3. The highest BCUT2D eigenvalue weighted by Gasteiger charge is 2.20. The van der Waals surface area contributed by atoms with Gasteiger partial charge in [0.2, 0.25) is 5.91 Å². The van der Waals surface area contributed by atoms with E-state index >= 15 is 0 Å². The van der Waals surface area contributed by atoms with Gasteiger partial charge in [-0.2, -0.15) is 0 Å². The van der Waals surface area contributed by atoms with E-state index in [9.17, 15) is 4.79 Å². The minimum Gasteiger partial charge on any atom is -0.353 e. The predicted molar refractivity (Wildman–Crippen MR) is 74.4 cm³/mol. The fourth-order valence-electron chi connectivity index (χ4n) is 2.74. The van der Waals surface area contributed by atoms with Crippen LogP contribution < -0.4 is 5.32 Å². The molecular formula is C16H23NO. The quantitative estimate of drug-likeness (QED) is 0.870. The van der Waals surface area contributed by atoms with Gasteiger partial charge in [-0.1, -0.05) is 49.6 Å². The zero-order valence-electron chi connectivity index (χ0n) is 11.4. The van der Waals surface area contributed by atoms with E-state index in [0.717, 1.165) is 24.3 Å². The molecule has 98 valence electrons. The van der Waals surface area contributed by atoms with E-state index in [2.05, 4.69) is 31.3 Å². The van der Waals surface area contributed by atoms with Crippen LogP contribution in [-0.2, 0) is 11.2 Å². The fourth-order valence-corrected chi connectivity index (χ4v) is 2.74. The molecule has 2 nitrogen and oxygen atoms in total. The zero-order chi connectivity index (χ0) is 13.0. The number of hydrogen-bond donors (Lipinski definition) is 1. The van der Waals surface area contributed by atoms with Crippen LogP contribution in [0.25, 0.3) is 0 Å². The lowest BCUT2D eigenvalue weighted by molar-refractivity contribution is -0.121. The summed E-state index contributed by atoms with van der Waals surface area (Å²) in [5.74, 6) is 0.918. The number of carbonyl (C=O) groups excluding carboxylic acids is 1. The number of aryl methyl sites for hydroxylation is 1. The highest BCUT2D eigenvalue weighted by atomic mass is 16.1. The summed E-state index contributed by atoms with van der Waals surface area (Å²) in [6.07, 6.45) is 5.34. The van der Waals surface area contributed by atoms with E-state index in [0.29, 0.717) is 12.5 Å². The summed E-state index contributed by atoms with van der Waals surface area (Å²) in [6, 6.07) is 8.60. The summed E-state index contributed by atoms with van der Waals surface area (Å²) >= 11 is 0. The molecule has 18 heavy (non-hydrogen) atoms. The van der Waals surface area contributed by atoms with E-state index in [1.165, 1.54) is 18.4 Å². The third-order valence-corrected chi connectivity index (χ3v) is 3.79. The average molecular weight is 245 g/mol. The molecule has 1 aliphatic carbocycles. The molecule has 1 aromatic carbocycles. The summed E-state index contributed by atoms with van der Waals surface area (Å²) in [5, 5.41) is 3.17. The smallest absolute Gasteiger partial charge is 0.224 e. The van der Waals surface area contributed by atoms with Gasteiger partial charge in [0, 0.05) is 6.04 Å². The molecule has 2 unspecified atom stereocenters. The van der Waals surface area contributed by atoms with Gasteiger partial charge in [0.25, 0.3) is 0 Å². The van der Waals surface area contributed by atoms with Crippen molar-refractivity contribution >= 4 is 5.91 Å². The Morgan fingerprint density at radius 3 is 2.67 bits per heavy atom. The van der Waals surface area contributed by atoms with Crippen molar-refractivity contribution in [3.8, 4) is 0 Å². The van der Waals surface area contributed by atoms with Crippen molar-refractivity contribution in [3.63, 3.8) is 0 Å². The fraction of sp³-hybridized carbons (Fsp3) is 0.562. The first-order valence-electron chi connectivity index (χ1n) is 6.98. The molecule has 0 spiro atoms. The van der Waals surface area contributed by atoms with Gasteiger partial charge in [-0.15, -0.1) is 0 Å². The van der Waals surface area contributed by atoms with Crippen LogP contribution >= 0.6 is 0 Å². The molecule has 1 fully saturated rings. The Balaban J connectivity index is 1.83. The monoisotopic (exact) mass is 245 g/mol. The number of amides is 1. The number of carbonyl (C=O) groups is 1. The van der Waals surface area contributed by atoms with Crippen LogP contribution in [0.4, 0.5) is 0 Å². The van der Waals surface area contributed by atoms with Crippen LogP contribution in [0.5, 0.6) is 0 Å². The molecule has 0 aliphatic heterocycles. The maximum atomic E-state index is 12.0. The Kier molecular flexibility index (Phi) is 4.40. The molecule has 2 rings (SSSR count). The Morgan fingerprint density at radius 2 is 2.00 bits per heavy atom. The van der Waals surface area contributed by atoms with Gasteiger partial charge in [-0.3, -0.25) is 4.79 Å². The van der Waals surface area contributed by atoms with Crippen molar-refractivity contribution in [2.45, 2.75) is 52.0 Å². The van der Waals surface area contributed by atoms with E-state index in [-0.39, 0.29) is 5.91 Å². The molecule has 1 N–H and O–H groups in total. The van der Waals surface area contributed by atoms with Crippen LogP contribution in [0.1, 0.15) is 43.7 Å². The van der Waals surface area contributed by atoms with Gasteiger partial charge in [-0.05, 0) is 31.2 Å². The molecule has 2 atom stereocenters. The van der Waals surface area contributed by atoms with Crippen LogP contribution in [0.3, 0.4) is 0 Å². The third kappa shape index (κ3) is 3.86. The third-order valence-electron chi connectivity index (χ3n) is 3.79. The standard InChI is InChI=1S/C16H23NO/c1-12-6-8-14(9-7-12)11-16(18)17-15-5-3-4-13(2)10-15/h6-9,13,15H,3-5,10-11H2,1-2H3,(H,17,18). The van der Waals surface area contributed by atoms with Crippen molar-refractivity contribution in [1.82, 2.24) is 5.32 Å². The molecule has 0 saturated heterocycles. The van der Waals surface area contributed by atoms with Gasteiger partial charge in [0.15, 0.2) is 0 Å². The average Bonchev–Trinajstić information content (AvgIpc) is 2.32. The second-order valence-corrected chi connectivity index (χ2v) is 5.70. The first-order chi connectivity index (χ1) is 8.63. The van der Waals surface area contributed by atoms with Crippen molar-refractivity contribution in [1.29, 1.82) is 0 Å². The molecule has 0 aromatic heterocycles. The van der Waals surface area contributed by atoms with Gasteiger partial charge >= 0.3 is 0 Å². The van der Waals surface area contributed by atoms with Gasteiger partial charge in [0.05, 0.1) is 6.42 Å². The molecule has 0 radical (unpaired) electrons. The van der Waals surface area contributed by atoms with Crippen LogP contribution in [0.2, 0.25) is 0 Å². The SMILES string of the molecule is Cc1ccc(CC(=O)NC2CCCC(C)C2)cc1. The largest absolute Gasteiger partial charge is 0.353 e. The first-order valence-corrected chi connectivity index (χ1v) is 6.98. The molecule has 2 heteroatoms. The van der Waals surface area contributed by atoms with E-state index < -0.39 is 0 Å². The highest BCUT2D eigenvalue weighted by Crippen LogP contribution is 2.23. The van der Waals surface area contributed by atoms with Crippen LogP contribution in [-0.4, -0.2) is 11.9 Å². The van der Waals surface area contributed by atoms with Crippen molar-refractivity contribution in [2.24, 2.45) is 5.92 Å². The Bertz CT molecular complexity index is 396. The Morgan fingerprint density at radius 1 is 1.28 bits per heavy atom. The molecule has 0 heterocycles. The van der Waals surface area contributed by atoms with Crippen molar-refractivity contribution < 1.29 is 4.79 Å². The predicted octanol–water partition coefficient (Wildman–Crippen LogP) is 3.23. The number of nitrogens with one attached hydrogen (secondary N) is 1. The first kappa shape index (κ1) is 13.1. The molecule has 1 saturated carbocycles. The lowest BCUT2D eigenvalue weighted by Crippen LogP contribution is -2.38. The Hall–Kier alpha value is -1.31. The van der Waals surface area contributed by atoms with Crippen molar-refractivity contribution in [3.05, 3.63) is 35.4 Å². The van der Waals surface area contributed by atoms with E-state index in [4.69, 9.17) is 0 Å². The number of benzene rings is 1. The summed E-state index contributed by atoms with van der Waals surface area (Å²) in [7, 11) is 0. The molecular weight excluding hydrogens is 222 g/mol. The van der Waals surface area contributed by atoms with E-state index in [1.54, 1.807) is 0 Å². The zero-order valence-corrected chi connectivity index (χ0v) is 11.4. The maximum Gasteiger partial charge on any atom is 0.224 e. The van der Waals surface area contributed by atoms with Crippen LogP contribution in [0, 0.1) is 12.8 Å². The maximum absolute atomic E-state index is 12.0. The summed E-state index contributed by atoms with van der Waals surface area (Å²) in [5.41, 5.74) is 2.34. The van der Waals surface area contributed by atoms with Crippen LogP contribution in [0.15, 0.2) is 24.3 Å². The number of hydrogen-bond acceptors (Lipinski definition) is 1. The lowest BCUT2D eigenvalue weighted by Gasteiger charge is -2.27. The van der Waals surface area contributed by atoms with Gasteiger partial charge < -0.3 is 5.32 Å². The van der Waals surface area contributed by atoms with Crippen molar-refractivity contribution in [2.75, 3.05) is 0 Å². The minimum absolute atomic E-state index is 0.165. The second-order valence-electron chi connectivity index (χ2n) is 5.70. The molecule has 1 aliphatic rings. The minimum atomic E-state index is 0.165. The molecule has 1 aromatic rings. The summed E-state index contributed by atoms with van der Waals surface area (Å²) in [6.45, 7) is 4.34. The highest BCUT2D eigenvalue weighted by molar-refractivity contribution is 5.78. The van der Waals surface area contributed by atoms with Gasteiger partial charge in [0.1, 0.15) is 0 Å². The second kappa shape index (κ2) is 6.03. The topological polar surface area (TPSA) is 29.1 Å². The lowest BCUT2D eigenvalue weighted by atomic mass is 9.87. The summed E-state index contributed by atoms with van der Waals surface area (Å²) < 4.78 is 0. The molecule has 0 bridgehead atoms. The van der Waals surface area contributed by atoms with Gasteiger partial charge in [-0.25, -0.2) is 0 Å². The molecule has 1 amide bonds. The Labute approximate surface area is 110 Å². The van der Waals surface area contributed by atoms with E-state index in [1.807, 2.05) is 12.1 Å². The summed E-state index contributed by atoms with van der Waals surface area (Å²) in [4.78, 5) is 12.0. The normalized spacial score (nSPS) is 23.7.